The normalized spacial score (nSPS) is 21.4. The van der Waals surface area contributed by atoms with Crippen LogP contribution in [0.3, 0.4) is 0 Å². The second-order valence-corrected chi connectivity index (χ2v) is 16.1. The maximum atomic E-state index is 6.47. The molecule has 0 saturated heterocycles. The van der Waals surface area contributed by atoms with Gasteiger partial charge < -0.3 is 14.6 Å². The van der Waals surface area contributed by atoms with E-state index >= 15 is 0 Å². The first-order valence-electron chi connectivity index (χ1n) is 20.2. The quantitative estimate of drug-likeness (QED) is 0.196. The van der Waals surface area contributed by atoms with Gasteiger partial charge in [0.05, 0.1) is 11.2 Å². The van der Waals surface area contributed by atoms with Gasteiger partial charge >= 0.3 is 0 Å². The number of nitrogens with one attached hydrogen (secondary N) is 1. The summed E-state index contributed by atoms with van der Waals surface area (Å²) in [5.74, 6) is 1.69. The molecule has 2 aliphatic heterocycles. The van der Waals surface area contributed by atoms with E-state index in [9.17, 15) is 0 Å². The largest absolute Gasteiger partial charge is 0.485 e. The molecule has 0 saturated carbocycles. The van der Waals surface area contributed by atoms with Gasteiger partial charge in [0.25, 0.3) is 0 Å². The maximum Gasteiger partial charge on any atom is 0.201 e. The van der Waals surface area contributed by atoms with Gasteiger partial charge in [0.1, 0.15) is 11.9 Å². The Balaban J connectivity index is 0.957. The molecule has 7 aromatic rings. The third kappa shape index (κ3) is 4.81. The molecule has 3 aliphatic carbocycles. The van der Waals surface area contributed by atoms with Gasteiger partial charge in [-0.2, -0.15) is 0 Å². The highest BCUT2D eigenvalue weighted by Gasteiger charge is 2.34. The topological polar surface area (TPSA) is 38.5 Å². The van der Waals surface area contributed by atoms with Crippen LogP contribution in [0.2, 0.25) is 0 Å². The standard InChI is InChI=1S/C52H41N3O/c1-31-17-28-47-44(30-43(31)36-25-27-40-39-11-4-7-16-48(39)56-49(40)29-36)38-10-3-6-15-46(38)55(47)52-53-45-14-5-2-12-42(45)51(54-52)35-22-18-32(19-23-35)37-26-24-34-21-20-33-9-8-13-41(37)50(33)34/h2-16,18-19,22-27,29-31,39,48,52-53H,17,20-21,28H2,1H3. The summed E-state index contributed by atoms with van der Waals surface area (Å²) >= 11 is 0. The lowest BCUT2D eigenvalue weighted by Crippen LogP contribution is -2.26. The zero-order valence-electron chi connectivity index (χ0n) is 31.4. The van der Waals surface area contributed by atoms with Crippen LogP contribution in [0.5, 0.6) is 5.75 Å². The van der Waals surface area contributed by atoms with Gasteiger partial charge in [-0.05, 0) is 106 Å². The summed E-state index contributed by atoms with van der Waals surface area (Å²) in [6.45, 7) is 2.38. The van der Waals surface area contributed by atoms with E-state index in [1.165, 1.54) is 71.9 Å². The predicted octanol–water partition coefficient (Wildman–Crippen LogP) is 12.1. The molecule has 4 atom stereocenters. The number of aromatic nitrogens is 1. The van der Waals surface area contributed by atoms with E-state index in [1.54, 1.807) is 0 Å². The lowest BCUT2D eigenvalue weighted by molar-refractivity contribution is 0.269. The van der Waals surface area contributed by atoms with E-state index in [-0.39, 0.29) is 12.4 Å². The predicted molar refractivity (Wildman–Crippen MR) is 231 cm³/mol. The van der Waals surface area contributed by atoms with E-state index in [0.717, 1.165) is 54.0 Å². The molecule has 0 bridgehead atoms. The molecule has 0 radical (unpaired) electrons. The van der Waals surface area contributed by atoms with Gasteiger partial charge in [-0.1, -0.05) is 128 Å². The van der Waals surface area contributed by atoms with Crippen LogP contribution in [-0.2, 0) is 19.3 Å². The van der Waals surface area contributed by atoms with Crippen molar-refractivity contribution in [1.82, 2.24) is 4.57 Å². The monoisotopic (exact) mass is 723 g/mol. The number of benzene rings is 6. The fourth-order valence-corrected chi connectivity index (χ4v) is 10.3. The van der Waals surface area contributed by atoms with Crippen molar-refractivity contribution in [2.45, 2.75) is 50.9 Å². The molecule has 4 unspecified atom stereocenters. The van der Waals surface area contributed by atoms with Gasteiger partial charge in [0, 0.05) is 44.9 Å². The number of fused-ring (bicyclic) bond motifs is 7. The summed E-state index contributed by atoms with van der Waals surface area (Å²) in [6.07, 6.45) is 15.2. The van der Waals surface area contributed by atoms with Crippen LogP contribution >= 0.6 is 0 Å². The van der Waals surface area contributed by atoms with Gasteiger partial charge in [-0.3, -0.25) is 0 Å². The van der Waals surface area contributed by atoms with E-state index in [2.05, 4.69) is 169 Å². The molecule has 56 heavy (non-hydrogen) atoms. The van der Waals surface area contributed by atoms with Crippen molar-refractivity contribution in [2.24, 2.45) is 10.9 Å². The van der Waals surface area contributed by atoms with Crippen LogP contribution in [0.4, 0.5) is 5.69 Å². The van der Waals surface area contributed by atoms with Gasteiger partial charge in [0.2, 0.25) is 6.29 Å². The number of para-hydroxylation sites is 2. The molecule has 0 spiro atoms. The number of nitrogens with zero attached hydrogens (tertiary/aromatic N) is 2. The van der Waals surface area contributed by atoms with Gasteiger partial charge in [0.15, 0.2) is 0 Å². The number of anilines is 1. The molecule has 5 aliphatic rings. The van der Waals surface area contributed by atoms with Gasteiger partial charge in [-0.15, -0.1) is 0 Å². The molecule has 4 heteroatoms. The van der Waals surface area contributed by atoms with Crippen molar-refractivity contribution in [3.05, 3.63) is 190 Å². The Morgan fingerprint density at radius 3 is 2.41 bits per heavy atom. The Bertz CT molecular complexity index is 2890. The first-order chi connectivity index (χ1) is 27.7. The van der Waals surface area contributed by atoms with E-state index in [1.807, 2.05) is 0 Å². The lowest BCUT2D eigenvalue weighted by atomic mass is 9.88. The summed E-state index contributed by atoms with van der Waals surface area (Å²) in [6, 6.07) is 45.0. The van der Waals surface area contributed by atoms with E-state index in [0.29, 0.717) is 11.8 Å². The summed E-state index contributed by atoms with van der Waals surface area (Å²) in [5, 5.41) is 7.95. The average Bonchev–Trinajstić information content (AvgIpc) is 3.90. The van der Waals surface area contributed by atoms with Crippen molar-refractivity contribution in [1.29, 1.82) is 0 Å². The average molecular weight is 724 g/mol. The third-order valence-corrected chi connectivity index (χ3v) is 13.1. The summed E-state index contributed by atoms with van der Waals surface area (Å²) in [5.41, 5.74) is 17.6. The van der Waals surface area contributed by atoms with Crippen molar-refractivity contribution >= 4 is 44.7 Å². The van der Waals surface area contributed by atoms with Crippen molar-refractivity contribution in [3.8, 4) is 16.9 Å². The fourth-order valence-electron chi connectivity index (χ4n) is 10.3. The number of aliphatic imine (C=N–C) groups is 1. The van der Waals surface area contributed by atoms with Crippen LogP contribution in [-0.4, -0.2) is 16.4 Å². The first kappa shape index (κ1) is 31.9. The number of allylic oxidation sites excluding steroid dienone is 3. The lowest BCUT2D eigenvalue weighted by Gasteiger charge is -2.29. The Hall–Kier alpha value is -6.39. The number of rotatable bonds is 4. The molecular weight excluding hydrogens is 683 g/mol. The van der Waals surface area contributed by atoms with Crippen molar-refractivity contribution in [2.75, 3.05) is 5.32 Å². The highest BCUT2D eigenvalue weighted by atomic mass is 16.5. The smallest absolute Gasteiger partial charge is 0.201 e. The van der Waals surface area contributed by atoms with Crippen molar-refractivity contribution < 1.29 is 4.74 Å². The molecule has 0 amide bonds. The Labute approximate surface area is 327 Å². The minimum atomic E-state index is -0.298. The van der Waals surface area contributed by atoms with Crippen LogP contribution in [0.25, 0.3) is 44.5 Å². The first-order valence-corrected chi connectivity index (χ1v) is 20.2. The molecule has 1 aromatic heterocycles. The minimum absolute atomic E-state index is 0.0898. The third-order valence-electron chi connectivity index (χ3n) is 13.1. The van der Waals surface area contributed by atoms with E-state index < -0.39 is 0 Å². The number of hydrogen-bond acceptors (Lipinski definition) is 3. The summed E-state index contributed by atoms with van der Waals surface area (Å²) < 4.78 is 8.95. The van der Waals surface area contributed by atoms with Crippen molar-refractivity contribution in [3.63, 3.8) is 0 Å². The molecule has 3 heterocycles. The zero-order valence-corrected chi connectivity index (χ0v) is 31.4. The molecule has 0 fully saturated rings. The fraction of sp³-hybridized carbons (Fsp3) is 0.173. The molecule has 4 nitrogen and oxygen atoms in total. The number of hydrogen-bond donors (Lipinski definition) is 1. The summed E-state index contributed by atoms with van der Waals surface area (Å²) in [7, 11) is 0. The highest BCUT2D eigenvalue weighted by molar-refractivity contribution is 6.17. The second kappa shape index (κ2) is 12.3. The zero-order chi connectivity index (χ0) is 36.9. The van der Waals surface area contributed by atoms with Gasteiger partial charge in [-0.25, -0.2) is 4.99 Å². The molecule has 270 valence electrons. The second-order valence-electron chi connectivity index (χ2n) is 16.1. The van der Waals surface area contributed by atoms with Crippen LogP contribution in [0.1, 0.15) is 70.2 Å². The Morgan fingerprint density at radius 1 is 0.696 bits per heavy atom. The van der Waals surface area contributed by atoms with Crippen LogP contribution < -0.4 is 10.1 Å². The maximum absolute atomic E-state index is 6.47. The Morgan fingerprint density at radius 2 is 1.48 bits per heavy atom. The molecule has 1 N–H and O–H groups in total. The van der Waals surface area contributed by atoms with E-state index in [4.69, 9.17) is 9.73 Å². The SMILES string of the molecule is CC1CCc2c(c3ccccc3n2C2N=C(c3ccc(-c4ccc5c6c(cccc46)CC5)cc3)c3ccccc3N2)C=C1c1ccc2c(c1)OC1C=CC=CC21. The molecular formula is C52H41N3O. The number of ether oxygens (including phenoxy) is 1. The number of aryl methyl sites for hydroxylation is 2. The van der Waals surface area contributed by atoms with Crippen LogP contribution in [0.15, 0.2) is 151 Å². The summed E-state index contributed by atoms with van der Waals surface area (Å²) in [4.78, 5) is 5.60. The Kier molecular flexibility index (Phi) is 7.01. The molecule has 12 rings (SSSR count). The highest BCUT2D eigenvalue weighted by Crippen LogP contribution is 2.46. The van der Waals surface area contributed by atoms with Crippen LogP contribution in [0, 0.1) is 5.92 Å². The molecule has 6 aromatic carbocycles. The minimum Gasteiger partial charge on any atom is -0.485 e.